The van der Waals surface area contributed by atoms with E-state index in [1.54, 1.807) is 13.3 Å². The van der Waals surface area contributed by atoms with Gasteiger partial charge in [0.2, 0.25) is 11.8 Å². The molecule has 0 saturated heterocycles. The average Bonchev–Trinajstić information content (AvgIpc) is 3.15. The first-order chi connectivity index (χ1) is 13.7. The summed E-state index contributed by atoms with van der Waals surface area (Å²) in [5.41, 5.74) is 9.47. The summed E-state index contributed by atoms with van der Waals surface area (Å²) >= 11 is 0. The maximum atomic E-state index is 6.07. The first kappa shape index (κ1) is 18.1. The Labute approximate surface area is 165 Å². The van der Waals surface area contributed by atoms with Crippen molar-refractivity contribution in [2.45, 2.75) is 18.5 Å². The smallest absolute Gasteiger partial charge is 0.212 e. The van der Waals surface area contributed by atoms with Gasteiger partial charge in [0.15, 0.2) is 0 Å². The van der Waals surface area contributed by atoms with Crippen LogP contribution in [0.3, 0.4) is 0 Å². The Balaban J connectivity index is 1.69. The van der Waals surface area contributed by atoms with Crippen LogP contribution in [0.25, 0.3) is 0 Å². The highest BCUT2D eigenvalue weighted by Crippen LogP contribution is 2.38. The summed E-state index contributed by atoms with van der Waals surface area (Å²) in [6.45, 7) is 0. The number of benzene rings is 2. The van der Waals surface area contributed by atoms with E-state index >= 15 is 0 Å². The second kappa shape index (κ2) is 8.15. The van der Waals surface area contributed by atoms with Crippen molar-refractivity contribution in [2.24, 2.45) is 5.73 Å². The van der Waals surface area contributed by atoms with Crippen LogP contribution in [0.15, 0.2) is 91.0 Å². The van der Waals surface area contributed by atoms with Gasteiger partial charge in [0.05, 0.1) is 19.2 Å². The van der Waals surface area contributed by atoms with E-state index in [0.717, 1.165) is 12.0 Å². The van der Waals surface area contributed by atoms with Gasteiger partial charge in [0.25, 0.3) is 0 Å². The standard InChI is InChI=1S/C23H23N3O2/c1-27-23-13-12-19(16-25-23)21-15-22(24)28-26(21)20(18-10-6-3-7-11-18)14-17-8-4-2-5-9-17/h2-13,15-16,20-21H,14,24H2,1H3. The largest absolute Gasteiger partial charge is 0.481 e. The molecule has 0 fully saturated rings. The lowest BCUT2D eigenvalue weighted by atomic mass is 9.96. The third kappa shape index (κ3) is 3.85. The summed E-state index contributed by atoms with van der Waals surface area (Å²) in [6, 6.07) is 24.5. The monoisotopic (exact) mass is 373 g/mol. The summed E-state index contributed by atoms with van der Waals surface area (Å²) in [6.07, 6.45) is 4.52. The van der Waals surface area contributed by atoms with Crippen molar-refractivity contribution < 1.29 is 9.57 Å². The molecule has 0 spiro atoms. The average molecular weight is 373 g/mol. The Morgan fingerprint density at radius 2 is 1.75 bits per heavy atom. The van der Waals surface area contributed by atoms with Crippen LogP contribution < -0.4 is 10.5 Å². The van der Waals surface area contributed by atoms with Crippen LogP contribution in [0.2, 0.25) is 0 Å². The minimum absolute atomic E-state index is 0.00648. The van der Waals surface area contributed by atoms with Crippen LogP contribution in [-0.2, 0) is 11.3 Å². The molecule has 0 amide bonds. The normalized spacial score (nSPS) is 17.6. The lowest BCUT2D eigenvalue weighted by molar-refractivity contribution is -0.154. The Morgan fingerprint density at radius 3 is 2.39 bits per heavy atom. The van der Waals surface area contributed by atoms with Crippen LogP contribution in [0.1, 0.15) is 28.8 Å². The van der Waals surface area contributed by atoms with Gasteiger partial charge < -0.3 is 15.3 Å². The van der Waals surface area contributed by atoms with E-state index in [4.69, 9.17) is 15.3 Å². The molecule has 1 aromatic heterocycles. The van der Waals surface area contributed by atoms with Gasteiger partial charge in [-0.05, 0) is 23.1 Å². The highest BCUT2D eigenvalue weighted by atomic mass is 16.7. The first-order valence-corrected chi connectivity index (χ1v) is 9.27. The van der Waals surface area contributed by atoms with E-state index in [0.29, 0.717) is 11.8 Å². The van der Waals surface area contributed by atoms with Crippen molar-refractivity contribution in [2.75, 3.05) is 7.11 Å². The molecular formula is C23H23N3O2. The molecule has 1 aliphatic heterocycles. The van der Waals surface area contributed by atoms with Gasteiger partial charge in [-0.1, -0.05) is 66.7 Å². The molecule has 4 rings (SSSR count). The second-order valence-electron chi connectivity index (χ2n) is 6.72. The predicted molar refractivity (Wildman–Crippen MR) is 108 cm³/mol. The lowest BCUT2D eigenvalue weighted by Gasteiger charge is -2.31. The van der Waals surface area contributed by atoms with E-state index in [2.05, 4.69) is 41.4 Å². The van der Waals surface area contributed by atoms with E-state index in [9.17, 15) is 0 Å². The van der Waals surface area contributed by atoms with Gasteiger partial charge in [-0.15, -0.1) is 5.06 Å². The third-order valence-electron chi connectivity index (χ3n) is 4.88. The maximum absolute atomic E-state index is 6.07. The van der Waals surface area contributed by atoms with Crippen LogP contribution in [0.5, 0.6) is 5.88 Å². The Kier molecular flexibility index (Phi) is 5.26. The van der Waals surface area contributed by atoms with Crippen molar-refractivity contribution in [3.63, 3.8) is 0 Å². The number of pyridine rings is 1. The molecule has 0 bridgehead atoms. The summed E-state index contributed by atoms with van der Waals surface area (Å²) in [5, 5.41) is 1.96. The van der Waals surface area contributed by atoms with E-state index in [1.807, 2.05) is 47.5 Å². The Bertz CT molecular complexity index is 927. The van der Waals surface area contributed by atoms with E-state index < -0.39 is 0 Å². The molecule has 0 saturated carbocycles. The van der Waals surface area contributed by atoms with E-state index in [1.165, 1.54) is 11.1 Å². The minimum atomic E-state index is -0.132. The summed E-state index contributed by atoms with van der Waals surface area (Å²) < 4.78 is 5.18. The Morgan fingerprint density at radius 1 is 1.04 bits per heavy atom. The molecule has 2 heterocycles. The number of hydrogen-bond donors (Lipinski definition) is 1. The molecule has 2 atom stereocenters. The molecular weight excluding hydrogens is 350 g/mol. The van der Waals surface area contributed by atoms with E-state index in [-0.39, 0.29) is 12.1 Å². The van der Waals surface area contributed by atoms with Gasteiger partial charge in [-0.3, -0.25) is 0 Å². The van der Waals surface area contributed by atoms with Gasteiger partial charge in [0, 0.05) is 18.3 Å². The van der Waals surface area contributed by atoms with Crippen molar-refractivity contribution >= 4 is 0 Å². The number of methoxy groups -OCH3 is 1. The quantitative estimate of drug-likeness (QED) is 0.703. The fourth-order valence-electron chi connectivity index (χ4n) is 3.49. The molecule has 5 heteroatoms. The Hall–Kier alpha value is -3.31. The summed E-state index contributed by atoms with van der Waals surface area (Å²) in [7, 11) is 1.61. The molecule has 28 heavy (non-hydrogen) atoms. The van der Waals surface area contributed by atoms with Crippen LogP contribution >= 0.6 is 0 Å². The number of ether oxygens (including phenoxy) is 1. The van der Waals surface area contributed by atoms with Crippen molar-refractivity contribution in [3.05, 3.63) is 108 Å². The summed E-state index contributed by atoms with van der Waals surface area (Å²) in [4.78, 5) is 10.3. The SMILES string of the molecule is COc1ccc(C2C=C(N)ON2C(Cc2ccccc2)c2ccccc2)cn1. The molecule has 2 aromatic carbocycles. The lowest BCUT2D eigenvalue weighted by Crippen LogP contribution is -2.30. The van der Waals surface area contributed by atoms with Gasteiger partial charge in [-0.2, -0.15) is 0 Å². The minimum Gasteiger partial charge on any atom is -0.481 e. The molecule has 5 nitrogen and oxygen atoms in total. The maximum Gasteiger partial charge on any atom is 0.212 e. The molecule has 1 aliphatic rings. The second-order valence-corrected chi connectivity index (χ2v) is 6.72. The van der Waals surface area contributed by atoms with Gasteiger partial charge in [-0.25, -0.2) is 4.98 Å². The number of aromatic nitrogens is 1. The zero-order valence-corrected chi connectivity index (χ0v) is 15.7. The number of hydrogen-bond acceptors (Lipinski definition) is 5. The van der Waals surface area contributed by atoms with Gasteiger partial charge >= 0.3 is 0 Å². The fourth-order valence-corrected chi connectivity index (χ4v) is 3.49. The van der Waals surface area contributed by atoms with Crippen LogP contribution in [-0.4, -0.2) is 17.2 Å². The zero-order valence-electron chi connectivity index (χ0n) is 15.7. The molecule has 2 unspecified atom stereocenters. The molecule has 0 radical (unpaired) electrons. The number of rotatable bonds is 6. The third-order valence-corrected chi connectivity index (χ3v) is 4.88. The van der Waals surface area contributed by atoms with Crippen LogP contribution in [0.4, 0.5) is 0 Å². The zero-order chi connectivity index (χ0) is 19.3. The first-order valence-electron chi connectivity index (χ1n) is 9.27. The van der Waals surface area contributed by atoms with Crippen molar-refractivity contribution in [3.8, 4) is 5.88 Å². The van der Waals surface area contributed by atoms with Gasteiger partial charge in [0.1, 0.15) is 0 Å². The number of nitrogens with zero attached hydrogens (tertiary/aromatic N) is 2. The molecule has 0 aliphatic carbocycles. The molecule has 3 aromatic rings. The number of hydroxylamine groups is 2. The molecule has 142 valence electrons. The predicted octanol–water partition coefficient (Wildman–Crippen LogP) is 4.16. The fraction of sp³-hybridized carbons (Fsp3) is 0.174. The highest BCUT2D eigenvalue weighted by molar-refractivity contribution is 5.29. The van der Waals surface area contributed by atoms with Crippen molar-refractivity contribution in [1.29, 1.82) is 0 Å². The molecule has 2 N–H and O–H groups in total. The van der Waals surface area contributed by atoms with Crippen molar-refractivity contribution in [1.82, 2.24) is 10.0 Å². The highest BCUT2D eigenvalue weighted by Gasteiger charge is 2.35. The number of nitrogens with two attached hydrogens (primary N) is 1. The summed E-state index contributed by atoms with van der Waals surface area (Å²) in [5.74, 6) is 0.977. The topological polar surface area (TPSA) is 60.6 Å². The van der Waals surface area contributed by atoms with Crippen LogP contribution in [0, 0.1) is 0 Å².